The Morgan fingerprint density at radius 3 is 2.73 bits per heavy atom. The Bertz CT molecular complexity index is 1060. The first-order valence-electron chi connectivity index (χ1n) is 8.74. The Hall–Kier alpha value is -3.04. The standard InChI is InChI=1S/C20H17BrClN3O5/c1-10-17(19(28)24-13-4-2-3-12(22)8-13)18(25-20(29)23-10)14-7-11(21)5-6-15(14)30-9-16(26)27/h2-8,18H,9H2,1H3,(H,24,28)(H,26,27)(H2,23,25,29)/t18-/m1/s1. The van der Waals surface area contributed by atoms with Gasteiger partial charge >= 0.3 is 12.0 Å². The number of ether oxygens (including phenoxy) is 1. The molecule has 8 nitrogen and oxygen atoms in total. The van der Waals surface area contributed by atoms with Gasteiger partial charge in [-0.25, -0.2) is 9.59 Å². The van der Waals surface area contributed by atoms with Crippen LogP contribution in [0.15, 0.2) is 58.2 Å². The molecule has 0 fully saturated rings. The van der Waals surface area contributed by atoms with Gasteiger partial charge in [-0.3, -0.25) is 4.79 Å². The molecule has 3 rings (SSSR count). The summed E-state index contributed by atoms with van der Waals surface area (Å²) in [7, 11) is 0. The molecule has 156 valence electrons. The number of carboxylic acids is 1. The third-order valence-corrected chi connectivity index (χ3v) is 4.96. The van der Waals surface area contributed by atoms with Gasteiger partial charge in [-0.1, -0.05) is 33.6 Å². The summed E-state index contributed by atoms with van der Waals surface area (Å²) in [6.45, 7) is 1.04. The van der Waals surface area contributed by atoms with Crippen molar-refractivity contribution in [2.24, 2.45) is 0 Å². The van der Waals surface area contributed by atoms with Gasteiger partial charge in [0.05, 0.1) is 11.6 Å². The van der Waals surface area contributed by atoms with Crippen molar-refractivity contribution in [1.29, 1.82) is 0 Å². The second kappa shape index (κ2) is 9.19. The average Bonchev–Trinajstić information content (AvgIpc) is 2.66. The van der Waals surface area contributed by atoms with E-state index in [9.17, 15) is 14.4 Å². The van der Waals surface area contributed by atoms with Crippen LogP contribution in [0.1, 0.15) is 18.5 Å². The number of hydrogen-bond donors (Lipinski definition) is 4. The van der Waals surface area contributed by atoms with Gasteiger partial charge in [-0.15, -0.1) is 0 Å². The van der Waals surface area contributed by atoms with Crippen LogP contribution >= 0.6 is 27.5 Å². The molecule has 0 saturated carbocycles. The minimum absolute atomic E-state index is 0.230. The van der Waals surface area contributed by atoms with Crippen LogP contribution in [-0.2, 0) is 9.59 Å². The van der Waals surface area contributed by atoms with Crippen molar-refractivity contribution in [3.05, 3.63) is 68.8 Å². The Kier molecular flexibility index (Phi) is 6.63. The Labute approximate surface area is 185 Å². The predicted octanol–water partition coefficient (Wildman–Crippen LogP) is 3.83. The van der Waals surface area contributed by atoms with Crippen molar-refractivity contribution in [3.63, 3.8) is 0 Å². The number of anilines is 1. The number of nitrogens with one attached hydrogen (secondary N) is 3. The van der Waals surface area contributed by atoms with E-state index in [2.05, 4.69) is 31.9 Å². The molecule has 30 heavy (non-hydrogen) atoms. The lowest BCUT2D eigenvalue weighted by atomic mass is 9.94. The van der Waals surface area contributed by atoms with Gasteiger partial charge in [0, 0.05) is 26.4 Å². The number of aliphatic carboxylic acids is 1. The largest absolute Gasteiger partial charge is 0.482 e. The molecule has 0 spiro atoms. The zero-order chi connectivity index (χ0) is 21.8. The number of urea groups is 1. The van der Waals surface area contributed by atoms with Gasteiger partial charge in [0.15, 0.2) is 6.61 Å². The third kappa shape index (κ3) is 5.11. The lowest BCUT2D eigenvalue weighted by Gasteiger charge is -2.29. The first-order chi connectivity index (χ1) is 14.2. The van der Waals surface area contributed by atoms with Crippen LogP contribution in [0, 0.1) is 0 Å². The van der Waals surface area contributed by atoms with Crippen molar-refractivity contribution in [3.8, 4) is 5.75 Å². The van der Waals surface area contributed by atoms with Crippen LogP contribution in [0.3, 0.4) is 0 Å². The van der Waals surface area contributed by atoms with E-state index in [1.807, 2.05) is 0 Å². The number of amides is 3. The van der Waals surface area contributed by atoms with E-state index in [4.69, 9.17) is 21.4 Å². The van der Waals surface area contributed by atoms with E-state index in [1.165, 1.54) is 0 Å². The van der Waals surface area contributed by atoms with Gasteiger partial charge in [0.1, 0.15) is 5.75 Å². The quantitative estimate of drug-likeness (QED) is 0.487. The zero-order valence-electron chi connectivity index (χ0n) is 15.7. The molecule has 1 atom stereocenters. The summed E-state index contributed by atoms with van der Waals surface area (Å²) >= 11 is 9.34. The predicted molar refractivity (Wildman–Crippen MR) is 114 cm³/mol. The fourth-order valence-corrected chi connectivity index (χ4v) is 3.58. The van der Waals surface area contributed by atoms with Gasteiger partial charge < -0.3 is 25.8 Å². The molecule has 0 aliphatic carbocycles. The normalized spacial score (nSPS) is 15.8. The van der Waals surface area contributed by atoms with E-state index in [0.717, 1.165) is 0 Å². The van der Waals surface area contributed by atoms with E-state index in [0.29, 0.717) is 26.4 Å². The fourth-order valence-electron chi connectivity index (χ4n) is 3.01. The number of allylic oxidation sites excluding steroid dienone is 1. The summed E-state index contributed by atoms with van der Waals surface area (Å²) in [4.78, 5) is 36.2. The molecule has 3 amide bonds. The molecule has 0 bridgehead atoms. The van der Waals surface area contributed by atoms with Crippen LogP contribution in [-0.4, -0.2) is 29.6 Å². The molecule has 0 aromatic heterocycles. The smallest absolute Gasteiger partial charge is 0.341 e. The van der Waals surface area contributed by atoms with Crippen LogP contribution in [0.5, 0.6) is 5.75 Å². The Balaban J connectivity index is 2.00. The molecule has 4 N–H and O–H groups in total. The van der Waals surface area contributed by atoms with Crippen LogP contribution in [0.2, 0.25) is 5.02 Å². The van der Waals surface area contributed by atoms with Gasteiger partial charge in [-0.05, 0) is 43.3 Å². The van der Waals surface area contributed by atoms with Gasteiger partial charge in [0.2, 0.25) is 0 Å². The number of carbonyl (C=O) groups is 3. The summed E-state index contributed by atoms with van der Waals surface area (Å²) in [5, 5.41) is 17.5. The van der Waals surface area contributed by atoms with Crippen molar-refractivity contribution < 1.29 is 24.2 Å². The molecule has 0 unspecified atom stereocenters. The number of carbonyl (C=O) groups excluding carboxylic acids is 2. The lowest BCUT2D eigenvalue weighted by molar-refractivity contribution is -0.139. The highest BCUT2D eigenvalue weighted by atomic mass is 79.9. The highest BCUT2D eigenvalue weighted by Gasteiger charge is 2.33. The van der Waals surface area contributed by atoms with Crippen molar-refractivity contribution in [2.75, 3.05) is 11.9 Å². The zero-order valence-corrected chi connectivity index (χ0v) is 18.0. The maximum absolute atomic E-state index is 13.1. The highest BCUT2D eigenvalue weighted by Crippen LogP contribution is 2.35. The molecule has 1 heterocycles. The molecule has 2 aromatic carbocycles. The number of rotatable bonds is 6. The van der Waals surface area contributed by atoms with Crippen LogP contribution in [0.25, 0.3) is 0 Å². The number of carboxylic acid groups (broad SMARTS) is 1. The second-order valence-corrected chi connectivity index (χ2v) is 7.75. The van der Waals surface area contributed by atoms with Gasteiger partial charge in [-0.2, -0.15) is 0 Å². The minimum atomic E-state index is -1.15. The second-order valence-electron chi connectivity index (χ2n) is 6.40. The first-order valence-corrected chi connectivity index (χ1v) is 9.91. The van der Waals surface area contributed by atoms with E-state index < -0.39 is 30.6 Å². The van der Waals surface area contributed by atoms with Crippen molar-refractivity contribution in [2.45, 2.75) is 13.0 Å². The third-order valence-electron chi connectivity index (χ3n) is 4.23. The van der Waals surface area contributed by atoms with Crippen molar-refractivity contribution >= 4 is 51.1 Å². The topological polar surface area (TPSA) is 117 Å². The van der Waals surface area contributed by atoms with Crippen molar-refractivity contribution in [1.82, 2.24) is 10.6 Å². The molecular weight excluding hydrogens is 478 g/mol. The van der Waals surface area contributed by atoms with E-state index >= 15 is 0 Å². The van der Waals surface area contributed by atoms with E-state index in [1.54, 1.807) is 49.4 Å². The molecule has 0 saturated heterocycles. The molecule has 1 aliphatic rings. The average molecular weight is 495 g/mol. The summed E-state index contributed by atoms with van der Waals surface area (Å²) < 4.78 is 6.04. The molecule has 2 aromatic rings. The molecular formula is C20H17BrClN3O5. The van der Waals surface area contributed by atoms with Crippen LogP contribution < -0.4 is 20.7 Å². The number of halogens is 2. The highest BCUT2D eigenvalue weighted by molar-refractivity contribution is 9.10. The molecule has 10 heteroatoms. The van der Waals surface area contributed by atoms with Gasteiger partial charge in [0.25, 0.3) is 5.91 Å². The fraction of sp³-hybridized carbons (Fsp3) is 0.150. The Morgan fingerprint density at radius 2 is 2.03 bits per heavy atom. The maximum Gasteiger partial charge on any atom is 0.341 e. The summed E-state index contributed by atoms with van der Waals surface area (Å²) in [6, 6.07) is 10.2. The van der Waals surface area contributed by atoms with Crippen LogP contribution in [0.4, 0.5) is 10.5 Å². The Morgan fingerprint density at radius 1 is 1.27 bits per heavy atom. The molecule has 1 aliphatic heterocycles. The lowest BCUT2D eigenvalue weighted by Crippen LogP contribution is -2.46. The first kappa shape index (κ1) is 21.7. The molecule has 0 radical (unpaired) electrons. The summed E-state index contributed by atoms with van der Waals surface area (Å²) in [6.07, 6.45) is 0. The number of hydrogen-bond acceptors (Lipinski definition) is 4. The van der Waals surface area contributed by atoms with E-state index in [-0.39, 0.29) is 11.3 Å². The SMILES string of the molecule is CC1=C(C(=O)Nc2cccc(Cl)c2)[C@@H](c2cc(Br)ccc2OCC(=O)O)NC(=O)N1. The maximum atomic E-state index is 13.1. The minimum Gasteiger partial charge on any atom is -0.482 e. The number of benzene rings is 2. The monoisotopic (exact) mass is 493 g/mol. The summed E-state index contributed by atoms with van der Waals surface area (Å²) in [5.41, 5.74) is 1.51. The summed E-state index contributed by atoms with van der Waals surface area (Å²) in [5.74, 6) is -1.38.